The van der Waals surface area contributed by atoms with E-state index in [1.807, 2.05) is 0 Å². The van der Waals surface area contributed by atoms with Gasteiger partial charge in [0, 0.05) is 29.0 Å². The molecule has 0 aromatic rings. The van der Waals surface area contributed by atoms with Crippen LogP contribution in [0.1, 0.15) is 59.3 Å². The van der Waals surface area contributed by atoms with Crippen molar-refractivity contribution in [1.29, 1.82) is 0 Å². The van der Waals surface area contributed by atoms with Gasteiger partial charge in [-0.15, -0.1) is 0 Å². The topological polar surface area (TPSA) is 99.5 Å². The van der Waals surface area contributed by atoms with Crippen molar-refractivity contribution in [3.63, 3.8) is 0 Å². The third-order valence-corrected chi connectivity index (χ3v) is 5.83. The first-order valence-corrected chi connectivity index (χ1v) is 9.32. The molecule has 136 valence electrons. The largest absolute Gasteiger partial charge is 0 e. The third-order valence-electron chi connectivity index (χ3n) is 2.65. The van der Waals surface area contributed by atoms with Gasteiger partial charge in [0.05, 0.1) is 18.5 Å². The van der Waals surface area contributed by atoms with Gasteiger partial charge in [-0.2, -0.15) is 0 Å². The fourth-order valence-electron chi connectivity index (χ4n) is 1.66. The Morgan fingerprint density at radius 2 is 0.667 bits per heavy atom. The van der Waals surface area contributed by atoms with Gasteiger partial charge in [0.15, 0.2) is 0 Å². The first-order chi connectivity index (χ1) is 11.3. The molecule has 0 radical (unpaired) electrons. The molecule has 0 aliphatic carbocycles. The van der Waals surface area contributed by atoms with Gasteiger partial charge in [-0.3, -0.25) is 0 Å². The van der Waals surface area contributed by atoms with Gasteiger partial charge in [-0.05, 0) is 19.3 Å². The Kier molecular flexibility index (Phi) is 142. The summed E-state index contributed by atoms with van der Waals surface area (Å²) in [4.78, 5) is 0. The second-order valence-corrected chi connectivity index (χ2v) is 7.06. The van der Waals surface area contributed by atoms with Crippen molar-refractivity contribution in [2.24, 2.45) is 0 Å². The smallest absolute Gasteiger partial charge is 0 e. The molecule has 0 spiro atoms. The van der Waals surface area contributed by atoms with Crippen molar-refractivity contribution in [3.8, 4) is 0 Å². The minimum absolute atomic E-state index is 0. The molecule has 5 nitrogen and oxygen atoms in total. The van der Waals surface area contributed by atoms with E-state index in [1.165, 1.54) is 38.5 Å². The minimum Gasteiger partial charge on any atom is 0 e. The van der Waals surface area contributed by atoms with Crippen LogP contribution in [0, 0.1) is 33.3 Å². The molecule has 0 aromatic heterocycles. The van der Waals surface area contributed by atoms with Gasteiger partial charge in [0.2, 0.25) is 0 Å². The average molecular weight is 527 g/mol. The van der Waals surface area contributed by atoms with Crippen molar-refractivity contribution in [1.82, 2.24) is 0 Å². The van der Waals surface area contributed by atoms with Gasteiger partial charge >= 0.3 is 56.5 Å². The van der Waals surface area contributed by atoms with Crippen molar-refractivity contribution in [2.75, 3.05) is 18.5 Å². The molecule has 0 aliphatic heterocycles. The number of unbranched alkanes of at least 4 members (excludes halogenated alkanes) is 3. The Morgan fingerprint density at radius 1 is 0.500 bits per heavy atom. The molecule has 0 bridgehead atoms. The van der Waals surface area contributed by atoms with Gasteiger partial charge in [-0.1, -0.05) is 40.0 Å². The average Bonchev–Trinajstić information content (AvgIpc) is 2.69. The third kappa shape index (κ3) is 67.7. The van der Waals surface area contributed by atoms with Crippen LogP contribution in [-0.2, 0) is 44.3 Å². The Hall–Kier alpha value is -0.182. The molecule has 0 heterocycles. The summed E-state index contributed by atoms with van der Waals surface area (Å²) in [5, 5.41) is 0. The van der Waals surface area contributed by atoms with Crippen molar-refractivity contribution < 1.29 is 44.3 Å². The van der Waals surface area contributed by atoms with Gasteiger partial charge in [0.1, 0.15) is 0 Å². The van der Waals surface area contributed by atoms with E-state index in [9.17, 15) is 0 Å². The summed E-state index contributed by atoms with van der Waals surface area (Å²) >= 11 is 0. The summed E-state index contributed by atoms with van der Waals surface area (Å²) in [6.45, 7) is 29.5. The summed E-state index contributed by atoms with van der Waals surface area (Å²) in [6, 6.07) is 0. The van der Waals surface area contributed by atoms with E-state index in [-0.39, 0.29) is 29.0 Å². The summed E-state index contributed by atoms with van der Waals surface area (Å²) in [6.07, 6.45) is 13.4. The normalized spacial score (nSPS) is 6.42. The van der Waals surface area contributed by atoms with Crippen molar-refractivity contribution >= 4 is 7.92 Å². The van der Waals surface area contributed by atoms with E-state index < -0.39 is 0 Å². The Morgan fingerprint density at radius 3 is 0.792 bits per heavy atom. The molecule has 0 fully saturated rings. The molecule has 0 aliphatic rings. The molecule has 24 heavy (non-hydrogen) atoms. The Bertz CT molecular complexity index is 208. The number of rotatable bonds is 9. The first-order valence-electron chi connectivity index (χ1n) is 7.20. The van der Waals surface area contributed by atoms with Crippen LogP contribution in [0.3, 0.4) is 0 Å². The van der Waals surface area contributed by atoms with Crippen LogP contribution >= 0.6 is 7.92 Å². The van der Waals surface area contributed by atoms with E-state index in [2.05, 4.69) is 54.0 Å². The monoisotopic (exact) mass is 527 g/mol. The zero-order chi connectivity index (χ0) is 19.9. The molecule has 0 unspecified atom stereocenters. The molecule has 7 heteroatoms. The molecular formula is C17H28O5PW+. The maximum Gasteiger partial charge on any atom is 0 e. The van der Waals surface area contributed by atoms with E-state index in [0.29, 0.717) is 0 Å². The summed E-state index contributed by atoms with van der Waals surface area (Å²) in [5.74, 6) is 0. The van der Waals surface area contributed by atoms with E-state index in [1.54, 1.807) is 18.5 Å². The standard InChI is InChI=1S/C12H27P.5CO.W/c1-4-7-10-13(11-8-5-2)12-9-6-3;5*1-2;/h4-12H2,1-3H3;;;;;;/p+1. The molecule has 0 aromatic carbocycles. The minimum atomic E-state index is 0. The fourth-order valence-corrected chi connectivity index (χ4v) is 4.97. The Balaban J connectivity index is -0.0000000448. The molecule has 0 saturated carbocycles. The Labute approximate surface area is 163 Å². The van der Waals surface area contributed by atoms with Crippen LogP contribution < -0.4 is 0 Å². The van der Waals surface area contributed by atoms with Crippen LogP contribution in [-0.4, -0.2) is 18.5 Å². The molecule has 0 rings (SSSR count). The SMILES string of the molecule is CCCC[PH+](CCCC)CCCC.[C-]#[O+].[C-]#[O+].[C-]#[O+].[C-]#[O+].[C-]#[O+].[W]. The zero-order valence-electron chi connectivity index (χ0n) is 14.8. The van der Waals surface area contributed by atoms with E-state index >= 15 is 0 Å². The summed E-state index contributed by atoms with van der Waals surface area (Å²) in [7, 11) is 0.0675. The number of hydrogen-bond donors (Lipinski definition) is 0. The van der Waals surface area contributed by atoms with Crippen LogP contribution in [0.25, 0.3) is 0 Å². The molecule has 0 saturated heterocycles. The van der Waals surface area contributed by atoms with E-state index in [0.717, 1.165) is 0 Å². The van der Waals surface area contributed by atoms with Gasteiger partial charge in [-0.25, -0.2) is 0 Å². The fraction of sp³-hybridized carbons (Fsp3) is 0.706. The maximum absolute atomic E-state index is 7.50. The molecule has 0 N–H and O–H groups in total. The van der Waals surface area contributed by atoms with Crippen LogP contribution in [0.2, 0.25) is 0 Å². The molecule has 0 amide bonds. The van der Waals surface area contributed by atoms with Crippen LogP contribution in [0.15, 0.2) is 0 Å². The summed E-state index contributed by atoms with van der Waals surface area (Å²) < 4.78 is 37.5. The van der Waals surface area contributed by atoms with Crippen LogP contribution in [0.4, 0.5) is 0 Å². The van der Waals surface area contributed by atoms with Gasteiger partial charge < -0.3 is 0 Å². The zero-order valence-corrected chi connectivity index (χ0v) is 18.7. The van der Waals surface area contributed by atoms with Crippen LogP contribution in [0.5, 0.6) is 0 Å². The van der Waals surface area contributed by atoms with Crippen molar-refractivity contribution in [3.05, 3.63) is 33.3 Å². The van der Waals surface area contributed by atoms with Crippen molar-refractivity contribution in [2.45, 2.75) is 59.3 Å². The number of hydrogen-bond acceptors (Lipinski definition) is 0. The second-order valence-electron chi connectivity index (χ2n) is 4.06. The molecular weight excluding hydrogens is 499 g/mol. The quantitative estimate of drug-likeness (QED) is 0.241. The molecule has 0 atom stereocenters. The van der Waals surface area contributed by atoms with E-state index in [4.69, 9.17) is 23.3 Å². The first kappa shape index (κ1) is 43.8. The van der Waals surface area contributed by atoms with Gasteiger partial charge in [0.25, 0.3) is 0 Å². The second kappa shape index (κ2) is 77.8. The summed E-state index contributed by atoms with van der Waals surface area (Å²) in [5.41, 5.74) is 0. The predicted octanol–water partition coefficient (Wildman–Crippen LogP) is 4.41. The maximum atomic E-state index is 7.50. The predicted molar refractivity (Wildman–Crippen MR) is 87.3 cm³/mol.